The number of halogens is 2. The molecule has 0 fully saturated rings. The van der Waals surface area contributed by atoms with Gasteiger partial charge >= 0.3 is 0 Å². The summed E-state index contributed by atoms with van der Waals surface area (Å²) in [6.45, 7) is 2.08. The van der Waals surface area contributed by atoms with E-state index in [4.69, 9.17) is 11.6 Å². The van der Waals surface area contributed by atoms with Crippen LogP contribution in [0.3, 0.4) is 0 Å². The smallest absolute Gasteiger partial charge is 0.238 e. The molecule has 0 bridgehead atoms. The van der Waals surface area contributed by atoms with Crippen molar-refractivity contribution in [3.8, 4) is 11.1 Å². The number of hydrogen-bond acceptors (Lipinski definition) is 3. The predicted octanol–water partition coefficient (Wildman–Crippen LogP) is 3.67. The Balaban J connectivity index is 2.14. The quantitative estimate of drug-likeness (QED) is 0.571. The molecule has 0 aliphatic heterocycles. The van der Waals surface area contributed by atoms with E-state index < -0.39 is 30.1 Å². The number of amides is 1. The molecule has 26 heavy (non-hydrogen) atoms. The van der Waals surface area contributed by atoms with Gasteiger partial charge in [-0.05, 0) is 30.5 Å². The van der Waals surface area contributed by atoms with Crippen molar-refractivity contribution in [2.75, 3.05) is 6.67 Å². The fraction of sp³-hybridized carbons (Fsp3) is 0.300. The van der Waals surface area contributed by atoms with Crippen molar-refractivity contribution in [3.63, 3.8) is 0 Å². The number of nitrogens with one attached hydrogen (secondary N) is 1. The summed E-state index contributed by atoms with van der Waals surface area (Å²) < 4.78 is 13.2. The summed E-state index contributed by atoms with van der Waals surface area (Å²) in [6, 6.07) is 13.1. The summed E-state index contributed by atoms with van der Waals surface area (Å²) in [6.07, 6.45) is -1.19. The van der Waals surface area contributed by atoms with E-state index in [1.807, 2.05) is 12.1 Å². The molecule has 0 saturated carbocycles. The number of aliphatic hydroxyl groups is 1. The van der Waals surface area contributed by atoms with Gasteiger partial charge in [0.25, 0.3) is 0 Å². The number of Topliss-reactive ketones (excluding diaryl/α,β-unsaturated/α-hetero) is 1. The van der Waals surface area contributed by atoms with Crippen molar-refractivity contribution >= 4 is 23.3 Å². The molecule has 6 heteroatoms. The number of ketones is 1. The Bertz CT molecular complexity index is 760. The van der Waals surface area contributed by atoms with Gasteiger partial charge in [0.2, 0.25) is 5.91 Å². The Labute approximate surface area is 157 Å². The molecular weight excluding hydrogens is 357 g/mol. The van der Waals surface area contributed by atoms with Gasteiger partial charge in [0.15, 0.2) is 5.78 Å². The normalized spacial score (nSPS) is 14.3. The second-order valence-corrected chi connectivity index (χ2v) is 6.74. The molecule has 4 nitrogen and oxygen atoms in total. The van der Waals surface area contributed by atoms with Gasteiger partial charge < -0.3 is 10.4 Å². The van der Waals surface area contributed by atoms with Gasteiger partial charge in [0.1, 0.15) is 18.2 Å². The van der Waals surface area contributed by atoms with E-state index in [0.717, 1.165) is 11.1 Å². The minimum absolute atomic E-state index is 0.000552. The number of aliphatic hydroxyl groups excluding tert-OH is 1. The summed E-state index contributed by atoms with van der Waals surface area (Å²) in [5.41, 5.74) is 2.93. The Hall–Kier alpha value is -2.24. The van der Waals surface area contributed by atoms with Crippen LogP contribution in [0, 0.1) is 0 Å². The van der Waals surface area contributed by atoms with Crippen molar-refractivity contribution in [2.24, 2.45) is 0 Å². The Morgan fingerprint density at radius 2 is 1.58 bits per heavy atom. The number of benzene rings is 2. The summed E-state index contributed by atoms with van der Waals surface area (Å²) in [5.74, 6) is -0.531. The predicted molar refractivity (Wildman–Crippen MR) is 100 cm³/mol. The van der Waals surface area contributed by atoms with Crippen LogP contribution in [0.4, 0.5) is 4.39 Å². The van der Waals surface area contributed by atoms with E-state index in [9.17, 15) is 19.1 Å². The van der Waals surface area contributed by atoms with Crippen molar-refractivity contribution in [1.29, 1.82) is 0 Å². The number of rotatable bonds is 7. The third-order valence-corrected chi connectivity index (χ3v) is 4.31. The van der Waals surface area contributed by atoms with Crippen LogP contribution in [0.25, 0.3) is 11.1 Å². The van der Waals surface area contributed by atoms with Crippen molar-refractivity contribution in [1.82, 2.24) is 5.32 Å². The third-order valence-electron chi connectivity index (χ3n) is 4.11. The molecule has 2 N–H and O–H groups in total. The molecule has 0 saturated heterocycles. The zero-order valence-corrected chi connectivity index (χ0v) is 15.3. The number of carbonyl (C=O) groups is 2. The van der Waals surface area contributed by atoms with Crippen LogP contribution in [0.2, 0.25) is 0 Å². The molecule has 0 aliphatic rings. The van der Waals surface area contributed by atoms with Crippen LogP contribution in [0.15, 0.2) is 48.5 Å². The van der Waals surface area contributed by atoms with Gasteiger partial charge in [-0.1, -0.05) is 48.5 Å². The highest BCUT2D eigenvalue weighted by molar-refractivity contribution is 6.30. The van der Waals surface area contributed by atoms with Gasteiger partial charge in [-0.25, -0.2) is 4.39 Å². The molecular formula is C20H21ClFNO3. The summed E-state index contributed by atoms with van der Waals surface area (Å²) in [7, 11) is 0. The Morgan fingerprint density at radius 3 is 2.00 bits per heavy atom. The molecule has 138 valence electrons. The fourth-order valence-corrected chi connectivity index (χ4v) is 2.56. The van der Waals surface area contributed by atoms with E-state index >= 15 is 0 Å². The van der Waals surface area contributed by atoms with Gasteiger partial charge in [-0.15, -0.1) is 11.6 Å². The lowest BCUT2D eigenvalue weighted by Crippen LogP contribution is -2.43. The van der Waals surface area contributed by atoms with Crippen LogP contribution in [-0.2, 0) is 4.79 Å². The van der Waals surface area contributed by atoms with Crippen molar-refractivity contribution in [2.45, 2.75) is 31.4 Å². The lowest BCUT2D eigenvalue weighted by Gasteiger charge is -2.22. The molecule has 0 heterocycles. The molecule has 0 radical (unpaired) electrons. The van der Waals surface area contributed by atoms with Crippen LogP contribution < -0.4 is 5.32 Å². The zero-order chi connectivity index (χ0) is 19.3. The molecule has 0 aliphatic carbocycles. The number of hydrogen-bond donors (Lipinski definition) is 2. The second-order valence-electron chi connectivity index (χ2n) is 6.09. The summed E-state index contributed by atoms with van der Waals surface area (Å²) >= 11 is 5.66. The summed E-state index contributed by atoms with van der Waals surface area (Å²) in [5, 5.41) is 11.9. The maximum atomic E-state index is 13.2. The van der Waals surface area contributed by atoms with E-state index in [0.29, 0.717) is 11.1 Å². The van der Waals surface area contributed by atoms with E-state index in [-0.39, 0.29) is 5.78 Å². The summed E-state index contributed by atoms with van der Waals surface area (Å²) in [4.78, 5) is 22.9. The minimum atomic E-state index is -1.19. The lowest BCUT2D eigenvalue weighted by atomic mass is 9.98. The average Bonchev–Trinajstić information content (AvgIpc) is 2.65. The molecule has 2 rings (SSSR count). The highest BCUT2D eigenvalue weighted by Crippen LogP contribution is 2.24. The van der Waals surface area contributed by atoms with E-state index in [1.54, 1.807) is 36.4 Å². The molecule has 1 amide bonds. The first-order valence-electron chi connectivity index (χ1n) is 8.23. The monoisotopic (exact) mass is 377 g/mol. The molecule has 0 aromatic heterocycles. The molecule has 0 spiro atoms. The first kappa shape index (κ1) is 20.1. The number of carbonyl (C=O) groups excluding carboxylic acids is 2. The first-order valence-corrected chi connectivity index (χ1v) is 8.67. The number of alkyl halides is 2. The fourth-order valence-electron chi connectivity index (χ4n) is 2.50. The highest BCUT2D eigenvalue weighted by Gasteiger charge is 2.24. The molecule has 2 aromatic carbocycles. The van der Waals surface area contributed by atoms with Crippen molar-refractivity contribution in [3.05, 3.63) is 59.7 Å². The van der Waals surface area contributed by atoms with Gasteiger partial charge in [-0.3, -0.25) is 9.59 Å². The Kier molecular flexibility index (Phi) is 6.89. The largest absolute Gasteiger partial charge is 0.386 e. The van der Waals surface area contributed by atoms with E-state index in [2.05, 4.69) is 5.32 Å². The second kappa shape index (κ2) is 8.92. The highest BCUT2D eigenvalue weighted by atomic mass is 35.5. The van der Waals surface area contributed by atoms with Crippen LogP contribution >= 0.6 is 11.6 Å². The van der Waals surface area contributed by atoms with Crippen LogP contribution in [0.5, 0.6) is 0 Å². The average molecular weight is 378 g/mol. The van der Waals surface area contributed by atoms with Crippen LogP contribution in [-0.4, -0.2) is 34.9 Å². The third kappa shape index (κ3) is 4.90. The SMILES string of the molecule is CC(=O)c1ccc(-c2ccc(C(O)C(CF)NC(=O)C(C)Cl)cc2)cc1. The van der Waals surface area contributed by atoms with Gasteiger partial charge in [0.05, 0.1) is 6.04 Å². The van der Waals surface area contributed by atoms with E-state index in [1.165, 1.54) is 13.8 Å². The Morgan fingerprint density at radius 1 is 1.08 bits per heavy atom. The maximum absolute atomic E-state index is 13.2. The lowest BCUT2D eigenvalue weighted by molar-refractivity contribution is -0.122. The van der Waals surface area contributed by atoms with Gasteiger partial charge in [-0.2, -0.15) is 0 Å². The van der Waals surface area contributed by atoms with Gasteiger partial charge in [0, 0.05) is 5.56 Å². The zero-order valence-electron chi connectivity index (χ0n) is 14.6. The van der Waals surface area contributed by atoms with Crippen LogP contribution in [0.1, 0.15) is 35.9 Å². The van der Waals surface area contributed by atoms with Crippen molar-refractivity contribution < 1.29 is 19.1 Å². The minimum Gasteiger partial charge on any atom is -0.386 e. The topological polar surface area (TPSA) is 66.4 Å². The first-order chi connectivity index (χ1) is 12.3. The standard InChI is InChI=1S/C20H21ClFNO3/c1-12(21)20(26)23-18(11-22)19(25)17-9-7-16(8-10-17)15-5-3-14(4-6-15)13(2)24/h3-10,12,18-19,25H,11H2,1-2H3,(H,23,26). The molecule has 3 atom stereocenters. The maximum Gasteiger partial charge on any atom is 0.238 e. The molecule has 3 unspecified atom stereocenters. The molecule has 2 aromatic rings.